The molecule has 7 rings (SSSR count). The first-order chi connectivity index (χ1) is 19.6. The van der Waals surface area contributed by atoms with Crippen molar-refractivity contribution in [3.05, 3.63) is 115 Å². The van der Waals surface area contributed by atoms with E-state index >= 15 is 0 Å². The van der Waals surface area contributed by atoms with E-state index in [0.29, 0.717) is 22.4 Å². The Kier molecular flexibility index (Phi) is 4.43. The zero-order valence-corrected chi connectivity index (χ0v) is 21.7. The third kappa shape index (κ3) is 3.85. The van der Waals surface area contributed by atoms with Gasteiger partial charge in [0.05, 0.1) is 7.06 Å². The second-order valence-corrected chi connectivity index (χ2v) is 10.9. The minimum atomic E-state index is -1.73. The third-order valence-corrected chi connectivity index (χ3v) is 7.05. The number of furan rings is 1. The second-order valence-electron chi connectivity index (χ2n) is 10.9. The molecule has 0 N–H and O–H groups in total. The van der Waals surface area contributed by atoms with Crippen LogP contribution in [0.1, 0.15) is 30.4 Å². The number of aromatic nitrogens is 1. The molecule has 2 heteroatoms. The normalized spacial score (nSPS) is 13.7. The van der Waals surface area contributed by atoms with Gasteiger partial charge >= 0.3 is 0 Å². The van der Waals surface area contributed by atoms with Crippen LogP contribution in [-0.2, 0) is 6.37 Å². The number of hydrogen-bond donors (Lipinski definition) is 0. The zero-order chi connectivity index (χ0) is 28.5. The van der Waals surface area contributed by atoms with E-state index in [2.05, 4.69) is 42.5 Å². The molecule has 0 aliphatic heterocycles. The van der Waals surface area contributed by atoms with Crippen LogP contribution in [0.25, 0.3) is 65.9 Å². The van der Waals surface area contributed by atoms with Crippen LogP contribution in [0.15, 0.2) is 114 Å². The first-order valence-electron chi connectivity index (χ1n) is 14.5. The van der Waals surface area contributed by atoms with Gasteiger partial charge in [0.15, 0.2) is 0 Å². The molecule has 5 aromatic carbocycles. The van der Waals surface area contributed by atoms with Gasteiger partial charge in [-0.3, -0.25) is 4.98 Å². The fourth-order valence-electron chi connectivity index (χ4n) is 5.38. The zero-order valence-electron chi connectivity index (χ0n) is 24.7. The Hall–Kier alpha value is -4.43. The van der Waals surface area contributed by atoms with Crippen molar-refractivity contribution in [1.29, 1.82) is 0 Å². The molecule has 38 heavy (non-hydrogen) atoms. The van der Waals surface area contributed by atoms with E-state index in [0.717, 1.165) is 38.3 Å². The summed E-state index contributed by atoms with van der Waals surface area (Å²) in [6.07, 6.45) is -1.69. The Morgan fingerprint density at radius 3 is 2.32 bits per heavy atom. The van der Waals surface area contributed by atoms with Crippen LogP contribution in [-0.4, -0.2) is 4.98 Å². The van der Waals surface area contributed by atoms with Crippen LogP contribution in [0.3, 0.4) is 0 Å². The van der Waals surface area contributed by atoms with E-state index in [1.807, 2.05) is 81.4 Å². The van der Waals surface area contributed by atoms with Crippen molar-refractivity contribution < 1.29 is 8.53 Å². The van der Waals surface area contributed by atoms with Gasteiger partial charge in [0.25, 0.3) is 0 Å². The van der Waals surface area contributed by atoms with Crippen molar-refractivity contribution in [3.8, 4) is 22.4 Å². The summed E-state index contributed by atoms with van der Waals surface area (Å²) in [6, 6.07) is 34.3. The summed E-state index contributed by atoms with van der Waals surface area (Å²) in [4.78, 5) is 4.73. The van der Waals surface area contributed by atoms with E-state index in [9.17, 15) is 2.74 Å². The highest BCUT2D eigenvalue weighted by molar-refractivity contribution is 6.17. The minimum Gasteiger partial charge on any atom is -0.455 e. The Labute approximate surface area is 226 Å². The third-order valence-electron chi connectivity index (χ3n) is 7.05. The average molecular weight is 495 g/mol. The highest BCUT2D eigenvalue weighted by Crippen LogP contribution is 2.39. The van der Waals surface area contributed by atoms with Gasteiger partial charge in [-0.2, -0.15) is 0 Å². The summed E-state index contributed by atoms with van der Waals surface area (Å²) in [7, 11) is 0. The van der Waals surface area contributed by atoms with Gasteiger partial charge in [0.1, 0.15) is 11.2 Å². The maximum Gasteiger partial charge on any atom is 0.144 e. The Bertz CT molecular complexity index is 2120. The number of benzene rings is 5. The summed E-state index contributed by atoms with van der Waals surface area (Å²) in [5.41, 5.74) is 3.78. The van der Waals surface area contributed by atoms with Gasteiger partial charge in [-0.15, -0.1) is 0 Å². The SMILES string of the molecule is [2H]c1nc(-c2cccc3c2oc2cc4c(ccc5ccccc54)cc23)cc(C([2H])([2H])C(C)(C)C)c1-c1ccccc1. The quantitative estimate of drug-likeness (QED) is 0.228. The molecule has 184 valence electrons. The van der Waals surface area contributed by atoms with Crippen LogP contribution in [0.5, 0.6) is 0 Å². The van der Waals surface area contributed by atoms with Crippen molar-refractivity contribution >= 4 is 43.5 Å². The van der Waals surface area contributed by atoms with Gasteiger partial charge in [0.2, 0.25) is 0 Å². The first kappa shape index (κ1) is 19.7. The molecule has 0 amide bonds. The average Bonchev–Trinajstić information content (AvgIpc) is 3.33. The second kappa shape index (κ2) is 8.56. The van der Waals surface area contributed by atoms with Gasteiger partial charge < -0.3 is 4.42 Å². The molecular weight excluding hydrogens is 462 g/mol. The van der Waals surface area contributed by atoms with Gasteiger partial charge in [-0.05, 0) is 68.7 Å². The lowest BCUT2D eigenvalue weighted by atomic mass is 9.85. The molecule has 2 aromatic heterocycles. The summed E-state index contributed by atoms with van der Waals surface area (Å²) >= 11 is 0. The van der Waals surface area contributed by atoms with Gasteiger partial charge in [0, 0.05) is 30.8 Å². The number of hydrogen-bond acceptors (Lipinski definition) is 2. The molecule has 7 aromatic rings. The van der Waals surface area contributed by atoms with Crippen LogP contribution >= 0.6 is 0 Å². The molecule has 0 saturated heterocycles. The fourth-order valence-corrected chi connectivity index (χ4v) is 5.38. The Morgan fingerprint density at radius 2 is 1.47 bits per heavy atom. The molecule has 0 fully saturated rings. The summed E-state index contributed by atoms with van der Waals surface area (Å²) < 4.78 is 33.9. The predicted molar refractivity (Wildman–Crippen MR) is 161 cm³/mol. The van der Waals surface area contributed by atoms with Crippen molar-refractivity contribution in [3.63, 3.8) is 0 Å². The molecule has 2 heterocycles. The molecule has 0 radical (unpaired) electrons. The van der Waals surface area contributed by atoms with Crippen molar-refractivity contribution in [2.45, 2.75) is 27.1 Å². The molecular formula is C36H29NO. The topological polar surface area (TPSA) is 26.0 Å². The maximum absolute atomic E-state index is 9.20. The van der Waals surface area contributed by atoms with Gasteiger partial charge in [-0.25, -0.2) is 0 Å². The van der Waals surface area contributed by atoms with E-state index in [1.54, 1.807) is 0 Å². The largest absolute Gasteiger partial charge is 0.455 e. The molecule has 0 aliphatic rings. The number of rotatable bonds is 3. The molecule has 0 spiro atoms. The van der Waals surface area contributed by atoms with Crippen molar-refractivity contribution in [2.24, 2.45) is 5.41 Å². The minimum absolute atomic E-state index is 0.0437. The number of para-hydroxylation sites is 1. The molecule has 0 atom stereocenters. The molecule has 0 bridgehead atoms. The molecule has 2 nitrogen and oxygen atoms in total. The molecule has 0 saturated carbocycles. The Morgan fingerprint density at radius 1 is 0.711 bits per heavy atom. The number of fused-ring (bicyclic) bond motifs is 6. The summed E-state index contributed by atoms with van der Waals surface area (Å²) in [5, 5.41) is 6.62. The van der Waals surface area contributed by atoms with E-state index in [4.69, 9.17) is 10.8 Å². The summed E-state index contributed by atoms with van der Waals surface area (Å²) in [5.74, 6) is 0. The smallest absolute Gasteiger partial charge is 0.144 e. The van der Waals surface area contributed by atoms with Crippen LogP contribution in [0, 0.1) is 5.41 Å². The van der Waals surface area contributed by atoms with Crippen LogP contribution < -0.4 is 0 Å². The summed E-state index contributed by atoms with van der Waals surface area (Å²) in [6.45, 7) is 5.67. The Balaban J connectivity index is 1.50. The lowest BCUT2D eigenvalue weighted by Crippen LogP contribution is -2.10. The molecule has 0 aliphatic carbocycles. The highest BCUT2D eigenvalue weighted by atomic mass is 16.3. The lowest BCUT2D eigenvalue weighted by Gasteiger charge is -2.21. The first-order valence-corrected chi connectivity index (χ1v) is 13.0. The van der Waals surface area contributed by atoms with Crippen molar-refractivity contribution in [2.75, 3.05) is 0 Å². The lowest BCUT2D eigenvalue weighted by molar-refractivity contribution is 0.411. The van der Waals surface area contributed by atoms with Crippen LogP contribution in [0.4, 0.5) is 0 Å². The predicted octanol–water partition coefficient (Wildman–Crippen LogP) is 10.2. The molecule has 0 unspecified atom stereocenters. The fraction of sp³-hybridized carbons (Fsp3) is 0.139. The van der Waals surface area contributed by atoms with E-state index in [-0.39, 0.29) is 6.17 Å². The standard InChI is InChI=1S/C36H29NO/c1-36(2,3)21-26-19-33(37-22-32(26)23-10-5-4-6-11-23)29-15-9-14-28-31-18-25-17-16-24-12-7-8-13-27(24)30(25)20-34(31)38-35(28)29/h4-20,22H,21H2,1-3H3/i21D2,22D. The van der Waals surface area contributed by atoms with E-state index in [1.165, 1.54) is 10.8 Å². The maximum atomic E-state index is 9.20. The monoisotopic (exact) mass is 494 g/mol. The highest BCUT2D eigenvalue weighted by Gasteiger charge is 2.19. The van der Waals surface area contributed by atoms with E-state index < -0.39 is 11.8 Å². The van der Waals surface area contributed by atoms with Gasteiger partial charge in [-0.1, -0.05) is 99.6 Å². The van der Waals surface area contributed by atoms with Crippen LogP contribution in [0.2, 0.25) is 0 Å². The number of nitrogens with zero attached hydrogens (tertiary/aromatic N) is 1. The number of pyridine rings is 1. The van der Waals surface area contributed by atoms with Crippen molar-refractivity contribution in [1.82, 2.24) is 4.98 Å².